The normalized spacial score (nSPS) is 14.4. The molecule has 0 aromatic heterocycles. The van der Waals surface area contributed by atoms with Crippen molar-refractivity contribution in [2.75, 3.05) is 23.9 Å². The molecule has 3 nitrogen and oxygen atoms in total. The number of carbonyl (C=O) groups is 1. The van der Waals surface area contributed by atoms with Crippen LogP contribution >= 0.6 is 11.6 Å². The number of carbonyl (C=O) groups excluding carboxylic acids is 1. The van der Waals surface area contributed by atoms with E-state index < -0.39 is 5.82 Å². The minimum absolute atomic E-state index is 0.115. The Hall–Kier alpha value is -1.29. The van der Waals surface area contributed by atoms with Crippen LogP contribution in [0.3, 0.4) is 0 Å². The van der Waals surface area contributed by atoms with E-state index in [-0.39, 0.29) is 24.1 Å². The molecule has 0 saturated carbocycles. The van der Waals surface area contributed by atoms with Crippen LogP contribution in [0.4, 0.5) is 10.1 Å². The molecule has 1 heterocycles. The van der Waals surface area contributed by atoms with Crippen molar-refractivity contribution in [3.63, 3.8) is 0 Å². The molecule has 1 amide bonds. The molecule has 0 fully saturated rings. The number of nitrogens with zero attached hydrogens (tertiary/aromatic N) is 1. The summed E-state index contributed by atoms with van der Waals surface area (Å²) in [6, 6.07) is 4.48. The number of hydrogen-bond acceptors (Lipinski definition) is 2. The Morgan fingerprint density at radius 1 is 1.60 bits per heavy atom. The molecular formula is C10H9ClFNO2. The highest BCUT2D eigenvalue weighted by Crippen LogP contribution is 2.33. The monoisotopic (exact) mass is 229 g/mol. The van der Waals surface area contributed by atoms with Gasteiger partial charge in [0.05, 0.1) is 12.2 Å². The molecule has 0 bridgehead atoms. The van der Waals surface area contributed by atoms with Gasteiger partial charge in [0.2, 0.25) is 5.91 Å². The van der Waals surface area contributed by atoms with Gasteiger partial charge in [-0.3, -0.25) is 4.79 Å². The standard InChI is InChI=1S/C10H9ClFNO2/c11-6-9(14)13-4-5-15-10-7(12)2-1-3-8(10)13/h1-3H,4-6H2. The second kappa shape index (κ2) is 4.06. The molecule has 0 radical (unpaired) electrons. The summed E-state index contributed by atoms with van der Waals surface area (Å²) in [5.41, 5.74) is 0.451. The van der Waals surface area contributed by atoms with Crippen LogP contribution in [0.25, 0.3) is 0 Å². The van der Waals surface area contributed by atoms with Crippen LogP contribution in [0, 0.1) is 5.82 Å². The topological polar surface area (TPSA) is 29.5 Å². The molecule has 0 unspecified atom stereocenters. The van der Waals surface area contributed by atoms with E-state index in [0.717, 1.165) is 0 Å². The second-order valence-corrected chi connectivity index (χ2v) is 3.38. The van der Waals surface area contributed by atoms with Crippen molar-refractivity contribution >= 4 is 23.2 Å². The number of halogens is 2. The molecule has 80 valence electrons. The predicted octanol–water partition coefficient (Wildman–Crippen LogP) is 1.79. The smallest absolute Gasteiger partial charge is 0.242 e. The van der Waals surface area contributed by atoms with Gasteiger partial charge >= 0.3 is 0 Å². The second-order valence-electron chi connectivity index (χ2n) is 3.12. The number of rotatable bonds is 1. The maximum Gasteiger partial charge on any atom is 0.242 e. The minimum Gasteiger partial charge on any atom is -0.486 e. The van der Waals surface area contributed by atoms with Gasteiger partial charge in [-0.2, -0.15) is 0 Å². The highest BCUT2D eigenvalue weighted by molar-refractivity contribution is 6.29. The first-order valence-electron chi connectivity index (χ1n) is 4.51. The maximum absolute atomic E-state index is 13.3. The lowest BCUT2D eigenvalue weighted by Gasteiger charge is -2.29. The van der Waals surface area contributed by atoms with Gasteiger partial charge in [0.1, 0.15) is 12.5 Å². The van der Waals surface area contributed by atoms with Gasteiger partial charge in [-0.1, -0.05) is 6.07 Å². The maximum atomic E-state index is 13.3. The lowest BCUT2D eigenvalue weighted by atomic mass is 10.2. The van der Waals surface area contributed by atoms with Crippen LogP contribution in [-0.2, 0) is 4.79 Å². The molecule has 1 aromatic rings. The molecule has 2 rings (SSSR count). The Morgan fingerprint density at radius 3 is 3.13 bits per heavy atom. The van der Waals surface area contributed by atoms with E-state index >= 15 is 0 Å². The SMILES string of the molecule is O=C(CCl)N1CCOc2c(F)cccc21. The van der Waals surface area contributed by atoms with Crippen molar-refractivity contribution in [1.82, 2.24) is 0 Å². The zero-order valence-electron chi connectivity index (χ0n) is 7.87. The van der Waals surface area contributed by atoms with Gasteiger partial charge in [0.25, 0.3) is 0 Å². The van der Waals surface area contributed by atoms with E-state index in [1.807, 2.05) is 0 Å². The quantitative estimate of drug-likeness (QED) is 0.688. The Morgan fingerprint density at radius 2 is 2.40 bits per heavy atom. The van der Waals surface area contributed by atoms with E-state index in [1.165, 1.54) is 17.0 Å². The minimum atomic E-state index is -0.459. The van der Waals surface area contributed by atoms with Crippen molar-refractivity contribution in [2.24, 2.45) is 0 Å². The number of amides is 1. The van der Waals surface area contributed by atoms with E-state index in [9.17, 15) is 9.18 Å². The molecule has 0 saturated heterocycles. The molecule has 15 heavy (non-hydrogen) atoms. The molecule has 5 heteroatoms. The van der Waals surface area contributed by atoms with Crippen molar-refractivity contribution in [1.29, 1.82) is 0 Å². The van der Waals surface area contributed by atoms with E-state index in [2.05, 4.69) is 0 Å². The molecule has 0 N–H and O–H groups in total. The van der Waals surface area contributed by atoms with Crippen molar-refractivity contribution in [3.05, 3.63) is 24.0 Å². The van der Waals surface area contributed by atoms with Crippen LogP contribution in [0.2, 0.25) is 0 Å². The molecule has 1 aliphatic rings. The molecule has 0 spiro atoms. The first-order chi connectivity index (χ1) is 7.24. The van der Waals surface area contributed by atoms with E-state index in [1.54, 1.807) is 6.07 Å². The van der Waals surface area contributed by atoms with Crippen molar-refractivity contribution in [3.8, 4) is 5.75 Å². The lowest BCUT2D eigenvalue weighted by Crippen LogP contribution is -2.38. The Kier molecular flexibility index (Phi) is 2.77. The zero-order valence-corrected chi connectivity index (χ0v) is 8.63. The van der Waals surface area contributed by atoms with Gasteiger partial charge in [0, 0.05) is 0 Å². The van der Waals surface area contributed by atoms with E-state index in [4.69, 9.17) is 16.3 Å². The van der Waals surface area contributed by atoms with Crippen LogP contribution < -0.4 is 9.64 Å². The third kappa shape index (κ3) is 1.77. The molecule has 0 aliphatic carbocycles. The van der Waals surface area contributed by atoms with Gasteiger partial charge in [0.15, 0.2) is 11.6 Å². The fourth-order valence-electron chi connectivity index (χ4n) is 1.54. The van der Waals surface area contributed by atoms with Crippen LogP contribution in [-0.4, -0.2) is 24.9 Å². The lowest BCUT2D eigenvalue weighted by molar-refractivity contribution is -0.116. The first kappa shape index (κ1) is 10.2. The summed E-state index contributed by atoms with van der Waals surface area (Å²) in [6.45, 7) is 0.693. The number of para-hydroxylation sites is 1. The fourth-order valence-corrected chi connectivity index (χ4v) is 1.69. The van der Waals surface area contributed by atoms with Gasteiger partial charge in [-0.15, -0.1) is 11.6 Å². The fraction of sp³-hybridized carbons (Fsp3) is 0.300. The van der Waals surface area contributed by atoms with Crippen molar-refractivity contribution < 1.29 is 13.9 Å². The average molecular weight is 230 g/mol. The van der Waals surface area contributed by atoms with Gasteiger partial charge in [-0.05, 0) is 12.1 Å². The molecule has 0 atom stereocenters. The molecule has 1 aliphatic heterocycles. The third-order valence-corrected chi connectivity index (χ3v) is 2.44. The highest BCUT2D eigenvalue weighted by atomic mass is 35.5. The first-order valence-corrected chi connectivity index (χ1v) is 5.05. The summed E-state index contributed by atoms with van der Waals surface area (Å²) in [4.78, 5) is 12.9. The molecule has 1 aromatic carbocycles. The summed E-state index contributed by atoms with van der Waals surface area (Å²) in [5.74, 6) is -0.690. The summed E-state index contributed by atoms with van der Waals surface area (Å²) in [7, 11) is 0. The number of ether oxygens (including phenoxy) is 1. The summed E-state index contributed by atoms with van der Waals surface area (Å²) < 4.78 is 18.5. The van der Waals surface area contributed by atoms with Gasteiger partial charge < -0.3 is 9.64 Å². The predicted molar refractivity (Wildman–Crippen MR) is 55.0 cm³/mol. The largest absolute Gasteiger partial charge is 0.486 e. The van der Waals surface area contributed by atoms with Crippen LogP contribution in [0.1, 0.15) is 0 Å². The summed E-state index contributed by atoms with van der Waals surface area (Å²) in [5, 5.41) is 0. The molecular weight excluding hydrogens is 221 g/mol. The average Bonchev–Trinajstić information content (AvgIpc) is 2.28. The highest BCUT2D eigenvalue weighted by Gasteiger charge is 2.24. The number of anilines is 1. The van der Waals surface area contributed by atoms with Crippen LogP contribution in [0.5, 0.6) is 5.75 Å². The summed E-state index contributed by atoms with van der Waals surface area (Å²) in [6.07, 6.45) is 0. The summed E-state index contributed by atoms with van der Waals surface area (Å²) >= 11 is 5.47. The van der Waals surface area contributed by atoms with Gasteiger partial charge in [-0.25, -0.2) is 4.39 Å². The van der Waals surface area contributed by atoms with Crippen LogP contribution in [0.15, 0.2) is 18.2 Å². The number of alkyl halides is 1. The Balaban J connectivity index is 2.42. The zero-order chi connectivity index (χ0) is 10.8. The van der Waals surface area contributed by atoms with Crippen molar-refractivity contribution in [2.45, 2.75) is 0 Å². The third-order valence-electron chi connectivity index (χ3n) is 2.21. The number of benzene rings is 1. The number of fused-ring (bicyclic) bond motifs is 1. The Bertz CT molecular complexity index is 397. The Labute approximate surface area is 91.4 Å². The number of hydrogen-bond donors (Lipinski definition) is 0. The van der Waals surface area contributed by atoms with E-state index in [0.29, 0.717) is 12.2 Å².